The van der Waals surface area contributed by atoms with Gasteiger partial charge in [-0.1, -0.05) is 13.0 Å². The van der Waals surface area contributed by atoms with Crippen molar-refractivity contribution in [3.8, 4) is 0 Å². The maximum atomic E-state index is 13.0. The molecule has 0 aliphatic carbocycles. The van der Waals surface area contributed by atoms with Gasteiger partial charge in [0.05, 0.1) is 5.69 Å². The topological polar surface area (TPSA) is 46.3 Å². The van der Waals surface area contributed by atoms with Crippen molar-refractivity contribution in [3.05, 3.63) is 42.2 Å². The Hall–Kier alpha value is -1.84. The van der Waals surface area contributed by atoms with E-state index in [4.69, 9.17) is 5.73 Å². The molecule has 3 nitrogen and oxygen atoms in total. The number of halogens is 1. The van der Waals surface area contributed by atoms with Gasteiger partial charge in [-0.05, 0) is 24.6 Å². The molecule has 0 aliphatic heterocycles. The van der Waals surface area contributed by atoms with Gasteiger partial charge in [-0.25, -0.2) is 4.39 Å². The minimum absolute atomic E-state index is 0.00842. The lowest BCUT2D eigenvalue weighted by Crippen LogP contribution is -2.31. The van der Waals surface area contributed by atoms with Gasteiger partial charge in [0.15, 0.2) is 0 Å². The van der Waals surface area contributed by atoms with Crippen LogP contribution in [0.4, 0.5) is 10.1 Å². The fraction of sp³-hybridized carbons (Fsp3) is 0.308. The van der Waals surface area contributed by atoms with E-state index in [1.54, 1.807) is 11.0 Å². The number of amides is 1. The average molecular weight is 236 g/mol. The van der Waals surface area contributed by atoms with E-state index in [0.717, 1.165) is 6.42 Å². The van der Waals surface area contributed by atoms with Crippen LogP contribution in [0.5, 0.6) is 0 Å². The number of carbonyl (C=O) groups excluding carboxylic acids is 1. The fourth-order valence-electron chi connectivity index (χ4n) is 1.56. The summed E-state index contributed by atoms with van der Waals surface area (Å²) in [5.74, 6) is -0.661. The molecule has 92 valence electrons. The van der Waals surface area contributed by atoms with Crippen molar-refractivity contribution in [1.29, 1.82) is 0 Å². The van der Waals surface area contributed by atoms with Crippen LogP contribution >= 0.6 is 0 Å². The lowest BCUT2D eigenvalue weighted by molar-refractivity contribution is 0.0774. The first kappa shape index (κ1) is 13.2. The predicted octanol–water partition coefficient (Wildman–Crippen LogP) is 2.45. The molecule has 0 saturated heterocycles. The summed E-state index contributed by atoms with van der Waals surface area (Å²) in [6.45, 7) is 6.72. The summed E-state index contributed by atoms with van der Waals surface area (Å²) in [7, 11) is 0. The molecule has 0 atom stereocenters. The smallest absolute Gasteiger partial charge is 0.254 e. The number of nitrogens with zero attached hydrogens (tertiary/aromatic N) is 1. The molecule has 0 heterocycles. The summed E-state index contributed by atoms with van der Waals surface area (Å²) in [6, 6.07) is 4.02. The Morgan fingerprint density at radius 3 is 2.82 bits per heavy atom. The number of carbonyl (C=O) groups is 1. The van der Waals surface area contributed by atoms with Crippen LogP contribution in [0.3, 0.4) is 0 Å². The summed E-state index contributed by atoms with van der Waals surface area (Å²) >= 11 is 0. The molecule has 4 heteroatoms. The van der Waals surface area contributed by atoms with Gasteiger partial charge in [-0.15, -0.1) is 6.58 Å². The number of hydrogen-bond donors (Lipinski definition) is 1. The van der Waals surface area contributed by atoms with Gasteiger partial charge in [-0.3, -0.25) is 4.79 Å². The highest BCUT2D eigenvalue weighted by Crippen LogP contribution is 2.14. The average Bonchev–Trinajstić information content (AvgIpc) is 2.31. The molecule has 1 amide bonds. The highest BCUT2D eigenvalue weighted by molar-refractivity contribution is 5.95. The van der Waals surface area contributed by atoms with Crippen LogP contribution in [0.25, 0.3) is 0 Å². The molecular formula is C13H17FN2O. The van der Waals surface area contributed by atoms with Gasteiger partial charge in [-0.2, -0.15) is 0 Å². The first-order valence-electron chi connectivity index (χ1n) is 5.55. The van der Waals surface area contributed by atoms with E-state index in [2.05, 4.69) is 6.58 Å². The third kappa shape index (κ3) is 3.31. The van der Waals surface area contributed by atoms with Crippen LogP contribution in [0, 0.1) is 5.82 Å². The number of benzene rings is 1. The summed E-state index contributed by atoms with van der Waals surface area (Å²) < 4.78 is 13.0. The molecule has 17 heavy (non-hydrogen) atoms. The SMILES string of the molecule is C=CCN(CCC)C(=O)c1ccc(F)c(N)c1. The van der Waals surface area contributed by atoms with Crippen molar-refractivity contribution in [2.75, 3.05) is 18.8 Å². The van der Waals surface area contributed by atoms with Gasteiger partial charge in [0, 0.05) is 18.7 Å². The van der Waals surface area contributed by atoms with Gasteiger partial charge >= 0.3 is 0 Å². The third-order valence-electron chi connectivity index (χ3n) is 2.37. The Morgan fingerprint density at radius 1 is 1.59 bits per heavy atom. The molecule has 1 rings (SSSR count). The quantitative estimate of drug-likeness (QED) is 0.630. The number of anilines is 1. The number of nitrogen functional groups attached to an aromatic ring is 1. The lowest BCUT2D eigenvalue weighted by Gasteiger charge is -2.20. The Morgan fingerprint density at radius 2 is 2.29 bits per heavy atom. The van der Waals surface area contributed by atoms with Crippen molar-refractivity contribution in [3.63, 3.8) is 0 Å². The van der Waals surface area contributed by atoms with Crippen molar-refractivity contribution >= 4 is 11.6 Å². The molecule has 0 unspecified atom stereocenters. The molecule has 0 aliphatic rings. The predicted molar refractivity (Wildman–Crippen MR) is 67.2 cm³/mol. The van der Waals surface area contributed by atoms with E-state index in [9.17, 15) is 9.18 Å². The summed E-state index contributed by atoms with van der Waals surface area (Å²) in [6.07, 6.45) is 2.52. The Kier molecular flexibility index (Phi) is 4.69. The molecule has 0 spiro atoms. The fourth-order valence-corrected chi connectivity index (χ4v) is 1.56. The van der Waals surface area contributed by atoms with Crippen molar-refractivity contribution < 1.29 is 9.18 Å². The second kappa shape index (κ2) is 6.03. The Bertz CT molecular complexity index is 418. The van der Waals surface area contributed by atoms with Gasteiger partial charge in [0.25, 0.3) is 5.91 Å². The Labute approximate surface area is 101 Å². The van der Waals surface area contributed by atoms with E-state index in [1.165, 1.54) is 18.2 Å². The highest BCUT2D eigenvalue weighted by Gasteiger charge is 2.14. The summed E-state index contributed by atoms with van der Waals surface area (Å²) in [5, 5.41) is 0. The number of hydrogen-bond acceptors (Lipinski definition) is 2. The van der Waals surface area contributed by atoms with Crippen LogP contribution in [-0.4, -0.2) is 23.9 Å². The summed E-state index contributed by atoms with van der Waals surface area (Å²) in [4.78, 5) is 13.7. The van der Waals surface area contributed by atoms with Crippen LogP contribution in [0.2, 0.25) is 0 Å². The molecule has 0 aromatic heterocycles. The van der Waals surface area contributed by atoms with Crippen molar-refractivity contribution in [1.82, 2.24) is 4.90 Å². The maximum Gasteiger partial charge on any atom is 0.254 e. The van der Waals surface area contributed by atoms with Crippen molar-refractivity contribution in [2.24, 2.45) is 0 Å². The zero-order valence-corrected chi connectivity index (χ0v) is 9.95. The van der Waals surface area contributed by atoms with E-state index in [0.29, 0.717) is 18.7 Å². The lowest BCUT2D eigenvalue weighted by atomic mass is 10.1. The second-order valence-electron chi connectivity index (χ2n) is 3.78. The van der Waals surface area contributed by atoms with E-state index in [1.807, 2.05) is 6.92 Å². The maximum absolute atomic E-state index is 13.0. The van der Waals surface area contributed by atoms with Crippen LogP contribution < -0.4 is 5.73 Å². The van der Waals surface area contributed by atoms with Crippen LogP contribution in [0.15, 0.2) is 30.9 Å². The number of rotatable bonds is 5. The minimum Gasteiger partial charge on any atom is -0.396 e. The molecule has 1 aromatic rings. The second-order valence-corrected chi connectivity index (χ2v) is 3.78. The number of nitrogens with two attached hydrogens (primary N) is 1. The molecule has 0 saturated carbocycles. The van der Waals surface area contributed by atoms with Gasteiger partial charge < -0.3 is 10.6 Å². The highest BCUT2D eigenvalue weighted by atomic mass is 19.1. The molecule has 2 N–H and O–H groups in total. The largest absolute Gasteiger partial charge is 0.396 e. The van der Waals surface area contributed by atoms with E-state index >= 15 is 0 Å². The van der Waals surface area contributed by atoms with E-state index in [-0.39, 0.29) is 11.6 Å². The molecule has 1 aromatic carbocycles. The third-order valence-corrected chi connectivity index (χ3v) is 2.37. The molecule has 0 radical (unpaired) electrons. The van der Waals surface area contributed by atoms with E-state index < -0.39 is 5.82 Å². The Balaban J connectivity index is 2.92. The van der Waals surface area contributed by atoms with Crippen LogP contribution in [0.1, 0.15) is 23.7 Å². The zero-order chi connectivity index (χ0) is 12.8. The molecular weight excluding hydrogens is 219 g/mol. The summed E-state index contributed by atoms with van der Waals surface area (Å²) in [5.41, 5.74) is 5.83. The van der Waals surface area contributed by atoms with Gasteiger partial charge in [0.1, 0.15) is 5.82 Å². The first-order chi connectivity index (χ1) is 8.10. The molecule has 0 bridgehead atoms. The molecule has 0 fully saturated rings. The standard InChI is InChI=1S/C13H17FN2O/c1-3-7-16(8-4-2)13(17)10-5-6-11(14)12(15)9-10/h3,5-6,9H,1,4,7-8,15H2,2H3. The zero-order valence-electron chi connectivity index (χ0n) is 9.95. The minimum atomic E-state index is -0.507. The normalized spacial score (nSPS) is 10.0. The van der Waals surface area contributed by atoms with Crippen molar-refractivity contribution in [2.45, 2.75) is 13.3 Å². The van der Waals surface area contributed by atoms with Gasteiger partial charge in [0.2, 0.25) is 0 Å². The monoisotopic (exact) mass is 236 g/mol. The van der Waals surface area contributed by atoms with Crippen LogP contribution in [-0.2, 0) is 0 Å². The first-order valence-corrected chi connectivity index (χ1v) is 5.55.